The molecule has 122 valence electrons. The lowest BCUT2D eigenvalue weighted by atomic mass is 10.1. The highest BCUT2D eigenvalue weighted by atomic mass is 16.3. The van der Waals surface area contributed by atoms with Gasteiger partial charge in [0.25, 0.3) is 11.5 Å². The number of fused-ring (bicyclic) bond motifs is 1. The fraction of sp³-hybridized carbons (Fsp3) is 0.235. The van der Waals surface area contributed by atoms with Crippen molar-refractivity contribution in [1.82, 2.24) is 20.4 Å². The number of hydrogen-bond acceptors (Lipinski definition) is 5. The van der Waals surface area contributed by atoms with Crippen LogP contribution < -0.4 is 16.4 Å². The molecule has 4 rings (SSSR count). The molecule has 0 spiro atoms. The first-order valence-electron chi connectivity index (χ1n) is 7.79. The minimum Gasteiger partial charge on any atom is -0.468 e. The Morgan fingerprint density at radius 3 is 2.79 bits per heavy atom. The van der Waals surface area contributed by atoms with E-state index in [-0.39, 0.29) is 11.5 Å². The number of carbonyl (C=O) groups excluding carboxylic acids is 1. The lowest BCUT2D eigenvalue weighted by Crippen LogP contribution is -2.35. The third-order valence-electron chi connectivity index (χ3n) is 4.26. The number of hydrogen-bond donors (Lipinski definition) is 2. The smallest absolute Gasteiger partial charge is 0.262 e. The molecule has 2 N–H and O–H groups in total. The van der Waals surface area contributed by atoms with Crippen LogP contribution in [0, 0.1) is 0 Å². The summed E-state index contributed by atoms with van der Waals surface area (Å²) in [4.78, 5) is 30.0. The molecular weight excluding hydrogens is 308 g/mol. The first-order chi connectivity index (χ1) is 11.7. The fourth-order valence-electron chi connectivity index (χ4n) is 3.14. The maximum Gasteiger partial charge on any atom is 0.262 e. The number of aryl methyl sites for hydroxylation is 1. The monoisotopic (exact) mass is 324 g/mol. The molecule has 0 radical (unpaired) electrons. The lowest BCUT2D eigenvalue weighted by Gasteiger charge is -2.20. The molecule has 7 heteroatoms. The molecule has 1 aliphatic rings. The van der Waals surface area contributed by atoms with Crippen LogP contribution >= 0.6 is 0 Å². The minimum absolute atomic E-state index is 0.224. The molecule has 0 saturated carbocycles. The molecule has 2 unspecified atom stereocenters. The van der Waals surface area contributed by atoms with Crippen LogP contribution in [-0.4, -0.2) is 15.5 Å². The number of hydrazine groups is 1. The van der Waals surface area contributed by atoms with E-state index in [1.807, 2.05) is 13.0 Å². The maximum atomic E-state index is 13.0. The van der Waals surface area contributed by atoms with Gasteiger partial charge in [-0.3, -0.25) is 19.6 Å². The van der Waals surface area contributed by atoms with Crippen LogP contribution in [0.2, 0.25) is 0 Å². The molecule has 1 fully saturated rings. The van der Waals surface area contributed by atoms with E-state index in [4.69, 9.17) is 4.42 Å². The number of aromatic nitrogens is 2. The van der Waals surface area contributed by atoms with Crippen LogP contribution in [-0.2, 0) is 11.2 Å². The van der Waals surface area contributed by atoms with Crippen LogP contribution in [0.1, 0.15) is 30.6 Å². The number of nitrogens with zero attached hydrogens (tertiary/aromatic N) is 2. The zero-order chi connectivity index (χ0) is 16.7. The Morgan fingerprint density at radius 2 is 2.04 bits per heavy atom. The normalized spacial score (nSPS) is 20.5. The number of furan rings is 1. The number of para-hydroxylation sites is 1. The van der Waals surface area contributed by atoms with Crippen molar-refractivity contribution in [3.63, 3.8) is 0 Å². The number of nitrogens with one attached hydrogen (secondary N) is 2. The lowest BCUT2D eigenvalue weighted by molar-refractivity contribution is -0.122. The molecule has 1 saturated heterocycles. The van der Waals surface area contributed by atoms with Gasteiger partial charge in [0.1, 0.15) is 23.7 Å². The van der Waals surface area contributed by atoms with Crippen molar-refractivity contribution in [2.75, 3.05) is 0 Å². The summed E-state index contributed by atoms with van der Waals surface area (Å²) in [6.45, 7) is 1.91. The summed E-state index contributed by atoms with van der Waals surface area (Å²) in [5.41, 5.74) is 5.91. The van der Waals surface area contributed by atoms with E-state index in [9.17, 15) is 9.59 Å². The molecule has 1 aliphatic heterocycles. The molecule has 1 aromatic carbocycles. The van der Waals surface area contributed by atoms with Crippen LogP contribution in [0.4, 0.5) is 0 Å². The van der Waals surface area contributed by atoms with Gasteiger partial charge in [-0.2, -0.15) is 0 Å². The van der Waals surface area contributed by atoms with Gasteiger partial charge in [-0.1, -0.05) is 19.1 Å². The zero-order valence-corrected chi connectivity index (χ0v) is 13.0. The number of carbonyl (C=O) groups is 1. The first-order valence-corrected chi connectivity index (χ1v) is 7.79. The largest absolute Gasteiger partial charge is 0.468 e. The Bertz CT molecular complexity index is 962. The topological polar surface area (TPSA) is 89.2 Å². The Labute approximate surface area is 137 Å². The average molecular weight is 324 g/mol. The second-order valence-electron chi connectivity index (χ2n) is 5.65. The molecule has 2 aromatic heterocycles. The Kier molecular flexibility index (Phi) is 3.42. The molecule has 0 bridgehead atoms. The second kappa shape index (κ2) is 5.61. The fourth-order valence-corrected chi connectivity index (χ4v) is 3.14. The van der Waals surface area contributed by atoms with Gasteiger partial charge in [0.05, 0.1) is 17.2 Å². The molecule has 24 heavy (non-hydrogen) atoms. The van der Waals surface area contributed by atoms with Crippen molar-refractivity contribution in [3.8, 4) is 0 Å². The Balaban J connectivity index is 1.95. The van der Waals surface area contributed by atoms with Gasteiger partial charge >= 0.3 is 0 Å². The quantitative estimate of drug-likeness (QED) is 0.761. The summed E-state index contributed by atoms with van der Waals surface area (Å²) < 4.78 is 6.90. The number of rotatable bonds is 3. The van der Waals surface area contributed by atoms with Crippen LogP contribution in [0.25, 0.3) is 10.9 Å². The Morgan fingerprint density at radius 1 is 1.21 bits per heavy atom. The van der Waals surface area contributed by atoms with Gasteiger partial charge in [-0.05, 0) is 24.3 Å². The molecule has 1 amide bonds. The van der Waals surface area contributed by atoms with E-state index in [1.54, 1.807) is 36.6 Å². The van der Waals surface area contributed by atoms with Crippen molar-refractivity contribution >= 4 is 16.8 Å². The van der Waals surface area contributed by atoms with E-state index in [1.165, 1.54) is 4.57 Å². The van der Waals surface area contributed by atoms with Crippen molar-refractivity contribution in [1.29, 1.82) is 0 Å². The predicted molar refractivity (Wildman–Crippen MR) is 87.1 cm³/mol. The second-order valence-corrected chi connectivity index (χ2v) is 5.65. The highest BCUT2D eigenvalue weighted by Crippen LogP contribution is 2.30. The molecule has 0 aliphatic carbocycles. The van der Waals surface area contributed by atoms with Crippen LogP contribution in [0.5, 0.6) is 0 Å². The molecule has 2 atom stereocenters. The summed E-state index contributed by atoms with van der Waals surface area (Å²) in [7, 11) is 0. The number of benzene rings is 1. The van der Waals surface area contributed by atoms with E-state index in [0.29, 0.717) is 28.9 Å². The third-order valence-corrected chi connectivity index (χ3v) is 4.26. The Hall–Kier alpha value is -2.93. The van der Waals surface area contributed by atoms with E-state index in [0.717, 1.165) is 0 Å². The average Bonchev–Trinajstić information content (AvgIpc) is 3.24. The number of amides is 1. The molecule has 7 nitrogen and oxygen atoms in total. The standard InChI is InChI=1S/C17H16N4O3/c1-2-13-18-11-7-4-3-6-10(11)17(23)21(13)15-14(19-20-16(15)22)12-8-5-9-24-12/h3-9,14-15,19H,2H2,1H3,(H,20,22). The third kappa shape index (κ3) is 2.13. The molecule has 3 aromatic rings. The highest BCUT2D eigenvalue weighted by molar-refractivity contribution is 5.84. The van der Waals surface area contributed by atoms with Crippen LogP contribution in [0.15, 0.2) is 51.9 Å². The van der Waals surface area contributed by atoms with Crippen LogP contribution in [0.3, 0.4) is 0 Å². The van der Waals surface area contributed by atoms with Gasteiger partial charge < -0.3 is 4.42 Å². The van der Waals surface area contributed by atoms with Crippen molar-refractivity contribution in [3.05, 3.63) is 64.6 Å². The van der Waals surface area contributed by atoms with E-state index >= 15 is 0 Å². The first kappa shape index (κ1) is 14.6. The molecule has 3 heterocycles. The summed E-state index contributed by atoms with van der Waals surface area (Å²) in [6.07, 6.45) is 2.08. The van der Waals surface area contributed by atoms with E-state index in [2.05, 4.69) is 15.8 Å². The SMILES string of the molecule is CCc1nc2ccccc2c(=O)n1C1C(=O)NNC1c1ccco1. The van der Waals surface area contributed by atoms with Crippen molar-refractivity contribution in [2.24, 2.45) is 0 Å². The van der Waals surface area contributed by atoms with Crippen molar-refractivity contribution in [2.45, 2.75) is 25.4 Å². The minimum atomic E-state index is -0.754. The summed E-state index contributed by atoms with van der Waals surface area (Å²) >= 11 is 0. The summed E-state index contributed by atoms with van der Waals surface area (Å²) in [5.74, 6) is 0.866. The zero-order valence-electron chi connectivity index (χ0n) is 13.0. The predicted octanol–water partition coefficient (Wildman–Crippen LogP) is 1.47. The highest BCUT2D eigenvalue weighted by Gasteiger charge is 2.40. The van der Waals surface area contributed by atoms with E-state index < -0.39 is 12.1 Å². The summed E-state index contributed by atoms with van der Waals surface area (Å²) in [5, 5.41) is 0.493. The van der Waals surface area contributed by atoms with Gasteiger partial charge in [0, 0.05) is 6.42 Å². The van der Waals surface area contributed by atoms with Crippen molar-refractivity contribution < 1.29 is 9.21 Å². The van der Waals surface area contributed by atoms with Gasteiger partial charge in [0.2, 0.25) is 0 Å². The van der Waals surface area contributed by atoms with Gasteiger partial charge in [0.15, 0.2) is 0 Å². The van der Waals surface area contributed by atoms with Gasteiger partial charge in [-0.15, -0.1) is 0 Å². The summed E-state index contributed by atoms with van der Waals surface area (Å²) in [6, 6.07) is 9.45. The van der Waals surface area contributed by atoms with Gasteiger partial charge in [-0.25, -0.2) is 10.4 Å². The maximum absolute atomic E-state index is 13.0. The molecular formula is C17H16N4O3.